The molecule has 3 rings (SSSR count). The molecule has 25 heavy (non-hydrogen) atoms. The molecule has 0 atom stereocenters. The summed E-state index contributed by atoms with van der Waals surface area (Å²) in [6.45, 7) is 2.37. The molecule has 3 nitrogen and oxygen atoms in total. The Morgan fingerprint density at radius 1 is 1.04 bits per heavy atom. The lowest BCUT2D eigenvalue weighted by Crippen LogP contribution is -2.04. The Balaban J connectivity index is 2.30. The van der Waals surface area contributed by atoms with Gasteiger partial charge in [0.2, 0.25) is 9.84 Å². The van der Waals surface area contributed by atoms with Crippen molar-refractivity contribution in [1.29, 1.82) is 0 Å². The number of hydrogen-bond acceptors (Lipinski definition) is 4. The lowest BCUT2D eigenvalue weighted by atomic mass is 10.0. The molecule has 0 amide bonds. The number of nitrogens with one attached hydrogen (secondary N) is 1. The van der Waals surface area contributed by atoms with Gasteiger partial charge in [0.1, 0.15) is 10.0 Å². The minimum atomic E-state index is -3.73. The van der Waals surface area contributed by atoms with E-state index in [-0.39, 0.29) is 9.10 Å². The van der Waals surface area contributed by atoms with Gasteiger partial charge in [-0.05, 0) is 37.7 Å². The molecule has 0 aliphatic rings. The first-order valence-corrected chi connectivity index (χ1v) is 10.1. The monoisotopic (exact) mass is 375 g/mol. The molecule has 0 spiro atoms. The van der Waals surface area contributed by atoms with Gasteiger partial charge in [0.15, 0.2) is 0 Å². The van der Waals surface area contributed by atoms with Crippen molar-refractivity contribution >= 4 is 21.2 Å². The topological polar surface area (TPSA) is 46.2 Å². The highest BCUT2D eigenvalue weighted by molar-refractivity contribution is 7.93. The fraction of sp³-hybridized carbons (Fsp3) is 0.158. The van der Waals surface area contributed by atoms with Gasteiger partial charge < -0.3 is 5.32 Å². The second kappa shape index (κ2) is 7.07. The van der Waals surface area contributed by atoms with E-state index in [4.69, 9.17) is 0 Å². The average molecular weight is 375 g/mol. The number of rotatable bonds is 5. The largest absolute Gasteiger partial charge is 0.315 e. The summed E-state index contributed by atoms with van der Waals surface area (Å²) in [7, 11) is -1.93. The zero-order valence-electron chi connectivity index (χ0n) is 13.9. The summed E-state index contributed by atoms with van der Waals surface area (Å²) >= 11 is 1.20. The van der Waals surface area contributed by atoms with E-state index in [0.717, 1.165) is 10.4 Å². The van der Waals surface area contributed by atoms with E-state index >= 15 is 0 Å². The highest BCUT2D eigenvalue weighted by Crippen LogP contribution is 2.42. The Morgan fingerprint density at radius 2 is 1.68 bits per heavy atom. The van der Waals surface area contributed by atoms with Crippen LogP contribution in [0.25, 0.3) is 11.1 Å². The van der Waals surface area contributed by atoms with Crippen LogP contribution in [-0.4, -0.2) is 15.5 Å². The smallest absolute Gasteiger partial charge is 0.216 e. The third-order valence-electron chi connectivity index (χ3n) is 3.99. The minimum absolute atomic E-state index is 0.187. The highest BCUT2D eigenvalue weighted by Gasteiger charge is 2.28. The standard InChI is InChI=1S/C19H18FNO2S2/c1-13-17(12-21-2)24-19(18(13)15-10-6-7-11-16(15)20)25(22,23)14-8-4-3-5-9-14/h3-11,21H,12H2,1-2H3. The van der Waals surface area contributed by atoms with Gasteiger partial charge in [0.05, 0.1) is 4.90 Å². The lowest BCUT2D eigenvalue weighted by Gasteiger charge is -2.08. The predicted molar refractivity (Wildman–Crippen MR) is 99.1 cm³/mol. The Labute approximate surface area is 151 Å². The molecule has 6 heteroatoms. The van der Waals surface area contributed by atoms with Crippen LogP contribution in [0.3, 0.4) is 0 Å². The molecule has 0 aliphatic heterocycles. The molecular weight excluding hydrogens is 357 g/mol. The molecule has 1 N–H and O–H groups in total. The lowest BCUT2D eigenvalue weighted by molar-refractivity contribution is 0.598. The number of hydrogen-bond donors (Lipinski definition) is 1. The quantitative estimate of drug-likeness (QED) is 0.718. The van der Waals surface area contributed by atoms with Crippen molar-refractivity contribution in [3.8, 4) is 11.1 Å². The van der Waals surface area contributed by atoms with Gasteiger partial charge in [-0.3, -0.25) is 0 Å². The first-order chi connectivity index (χ1) is 12.0. The zero-order chi connectivity index (χ0) is 18.0. The second-order valence-corrected chi connectivity index (χ2v) is 8.89. The average Bonchev–Trinajstić information content (AvgIpc) is 2.94. The van der Waals surface area contributed by atoms with E-state index < -0.39 is 15.7 Å². The molecular formula is C19H18FNO2S2. The van der Waals surface area contributed by atoms with Crippen molar-refractivity contribution in [1.82, 2.24) is 5.32 Å². The van der Waals surface area contributed by atoms with Gasteiger partial charge in [-0.1, -0.05) is 36.4 Å². The van der Waals surface area contributed by atoms with E-state index in [1.54, 1.807) is 55.6 Å². The molecule has 0 fully saturated rings. The summed E-state index contributed by atoms with van der Waals surface area (Å²) in [6, 6.07) is 14.5. The van der Waals surface area contributed by atoms with Crippen LogP contribution in [0.1, 0.15) is 10.4 Å². The number of sulfone groups is 1. The summed E-state index contributed by atoms with van der Waals surface area (Å²) < 4.78 is 41.0. The molecule has 3 aromatic rings. The zero-order valence-corrected chi connectivity index (χ0v) is 15.5. The van der Waals surface area contributed by atoms with Crippen LogP contribution in [0.15, 0.2) is 63.7 Å². The Morgan fingerprint density at radius 3 is 2.32 bits per heavy atom. The third-order valence-corrected chi connectivity index (χ3v) is 7.57. The summed E-state index contributed by atoms with van der Waals surface area (Å²) in [6.07, 6.45) is 0. The fourth-order valence-corrected chi connectivity index (χ4v) is 6.08. The van der Waals surface area contributed by atoms with Gasteiger partial charge in [-0.15, -0.1) is 11.3 Å². The SMILES string of the molecule is CNCc1sc(S(=O)(=O)c2ccccc2)c(-c2ccccc2F)c1C. The van der Waals surface area contributed by atoms with Crippen LogP contribution in [0.4, 0.5) is 4.39 Å². The predicted octanol–water partition coefficient (Wildman–Crippen LogP) is 4.41. The highest BCUT2D eigenvalue weighted by atomic mass is 32.2. The molecule has 1 heterocycles. The van der Waals surface area contributed by atoms with Crippen LogP contribution < -0.4 is 5.32 Å². The molecule has 130 valence electrons. The van der Waals surface area contributed by atoms with E-state index in [0.29, 0.717) is 17.7 Å². The van der Waals surface area contributed by atoms with Crippen LogP contribution >= 0.6 is 11.3 Å². The molecule has 0 unspecified atom stereocenters. The van der Waals surface area contributed by atoms with Crippen LogP contribution in [0.5, 0.6) is 0 Å². The van der Waals surface area contributed by atoms with Crippen LogP contribution in [-0.2, 0) is 16.4 Å². The number of thiophene rings is 1. The van der Waals surface area contributed by atoms with Crippen molar-refractivity contribution in [2.75, 3.05) is 7.05 Å². The maximum absolute atomic E-state index is 14.4. The summed E-state index contributed by atoms with van der Waals surface area (Å²) in [4.78, 5) is 1.10. The van der Waals surface area contributed by atoms with E-state index in [9.17, 15) is 12.8 Å². The minimum Gasteiger partial charge on any atom is -0.315 e. The van der Waals surface area contributed by atoms with Gasteiger partial charge in [-0.2, -0.15) is 0 Å². The number of benzene rings is 2. The molecule has 1 aromatic heterocycles. The maximum Gasteiger partial charge on any atom is 0.216 e. The third kappa shape index (κ3) is 3.25. The van der Waals surface area contributed by atoms with Crippen molar-refractivity contribution in [3.63, 3.8) is 0 Å². The fourth-order valence-electron chi connectivity index (χ4n) is 2.73. The maximum atomic E-state index is 14.4. The van der Waals surface area contributed by atoms with Crippen molar-refractivity contribution in [2.45, 2.75) is 22.6 Å². The summed E-state index contributed by atoms with van der Waals surface area (Å²) in [5, 5.41) is 3.04. The molecule has 2 aromatic carbocycles. The number of halogens is 1. The Bertz CT molecular complexity index is 996. The molecule has 0 aliphatic carbocycles. The second-order valence-electron chi connectivity index (χ2n) is 5.64. The Hall–Kier alpha value is -2.02. The van der Waals surface area contributed by atoms with Gasteiger partial charge in [-0.25, -0.2) is 12.8 Å². The van der Waals surface area contributed by atoms with Crippen molar-refractivity contribution < 1.29 is 12.8 Å². The van der Waals surface area contributed by atoms with Gasteiger partial charge in [0, 0.05) is 22.5 Å². The van der Waals surface area contributed by atoms with Crippen molar-refractivity contribution in [3.05, 3.63) is 70.9 Å². The Kier molecular flexibility index (Phi) is 5.03. The summed E-state index contributed by atoms with van der Waals surface area (Å²) in [5.74, 6) is -0.427. The molecule has 0 saturated heterocycles. The van der Waals surface area contributed by atoms with E-state index in [2.05, 4.69) is 5.32 Å². The van der Waals surface area contributed by atoms with E-state index in [1.807, 2.05) is 6.92 Å². The van der Waals surface area contributed by atoms with E-state index in [1.165, 1.54) is 17.4 Å². The first-order valence-electron chi connectivity index (χ1n) is 7.78. The molecule has 0 bridgehead atoms. The van der Waals surface area contributed by atoms with Gasteiger partial charge >= 0.3 is 0 Å². The van der Waals surface area contributed by atoms with Crippen LogP contribution in [0, 0.1) is 12.7 Å². The molecule has 0 radical (unpaired) electrons. The summed E-state index contributed by atoms with van der Waals surface area (Å²) in [5.41, 5.74) is 1.56. The van der Waals surface area contributed by atoms with Gasteiger partial charge in [0.25, 0.3) is 0 Å². The first kappa shape index (κ1) is 17.8. The van der Waals surface area contributed by atoms with Crippen LogP contribution in [0.2, 0.25) is 0 Å². The van der Waals surface area contributed by atoms with Crippen molar-refractivity contribution in [2.24, 2.45) is 0 Å². The normalized spacial score (nSPS) is 11.6. The molecule has 0 saturated carbocycles.